The molecular weight excluding hydrogens is 226 g/mol. The highest BCUT2D eigenvalue weighted by atomic mass is 16.5. The third-order valence-corrected chi connectivity index (χ3v) is 3.34. The summed E-state index contributed by atoms with van der Waals surface area (Å²) in [5, 5.41) is 13.1. The highest BCUT2D eigenvalue weighted by Crippen LogP contribution is 2.24. The number of ether oxygens (including phenoxy) is 1. The lowest BCUT2D eigenvalue weighted by Gasteiger charge is -2.17. The van der Waals surface area contributed by atoms with Crippen molar-refractivity contribution in [3.05, 3.63) is 29.8 Å². The molecule has 1 aliphatic carbocycles. The molecule has 2 N–H and O–H groups in total. The molecule has 1 aromatic rings. The van der Waals surface area contributed by atoms with Crippen LogP contribution in [0.25, 0.3) is 0 Å². The lowest BCUT2D eigenvalue weighted by atomic mass is 10.2. The summed E-state index contributed by atoms with van der Waals surface area (Å²) >= 11 is 0. The molecule has 1 fully saturated rings. The third-order valence-electron chi connectivity index (χ3n) is 3.34. The fraction of sp³-hybridized carbons (Fsp3) is 0.600. The van der Waals surface area contributed by atoms with E-state index in [2.05, 4.69) is 31.3 Å². The zero-order chi connectivity index (χ0) is 13.0. The van der Waals surface area contributed by atoms with Crippen molar-refractivity contribution in [2.24, 2.45) is 0 Å². The van der Waals surface area contributed by atoms with Crippen LogP contribution in [0.4, 0.5) is 0 Å². The van der Waals surface area contributed by atoms with Crippen LogP contribution in [0.15, 0.2) is 24.3 Å². The Kier molecular flexibility index (Phi) is 4.61. The quantitative estimate of drug-likeness (QED) is 0.842. The molecule has 3 nitrogen and oxygen atoms in total. The summed E-state index contributed by atoms with van der Waals surface area (Å²) in [7, 11) is 0. The summed E-state index contributed by atoms with van der Waals surface area (Å²) in [5.74, 6) is 0.856. The molecule has 0 heterocycles. The van der Waals surface area contributed by atoms with Crippen molar-refractivity contribution < 1.29 is 9.84 Å². The van der Waals surface area contributed by atoms with E-state index in [0.717, 1.165) is 31.6 Å². The molecule has 2 unspecified atom stereocenters. The Morgan fingerprint density at radius 2 is 2.00 bits per heavy atom. The van der Waals surface area contributed by atoms with Crippen LogP contribution in [0, 0.1) is 0 Å². The predicted octanol–water partition coefficient (Wildman–Crippen LogP) is 2.48. The second-order valence-corrected chi connectivity index (χ2v) is 5.33. The first-order valence-corrected chi connectivity index (χ1v) is 6.82. The summed E-state index contributed by atoms with van der Waals surface area (Å²) < 4.78 is 5.80. The molecule has 2 atom stereocenters. The molecule has 2 rings (SSSR count). The Hall–Kier alpha value is -1.06. The van der Waals surface area contributed by atoms with E-state index in [0.29, 0.717) is 6.04 Å². The Morgan fingerprint density at radius 3 is 2.56 bits per heavy atom. The van der Waals surface area contributed by atoms with Crippen molar-refractivity contribution >= 4 is 0 Å². The smallest absolute Gasteiger partial charge is 0.124 e. The number of hydrogen-bond acceptors (Lipinski definition) is 3. The van der Waals surface area contributed by atoms with Crippen LogP contribution in [0.5, 0.6) is 5.75 Å². The SMILES string of the molecule is CC(C)NCc1ccc(OC2CCCC2O)cc1. The van der Waals surface area contributed by atoms with Gasteiger partial charge in [0.2, 0.25) is 0 Å². The van der Waals surface area contributed by atoms with Crippen molar-refractivity contribution in [3.63, 3.8) is 0 Å². The van der Waals surface area contributed by atoms with Crippen molar-refractivity contribution in [1.82, 2.24) is 5.32 Å². The highest BCUT2D eigenvalue weighted by molar-refractivity contribution is 5.27. The van der Waals surface area contributed by atoms with Gasteiger partial charge in [-0.1, -0.05) is 26.0 Å². The van der Waals surface area contributed by atoms with Gasteiger partial charge in [-0.05, 0) is 37.0 Å². The number of benzene rings is 1. The van der Waals surface area contributed by atoms with Gasteiger partial charge < -0.3 is 15.2 Å². The van der Waals surface area contributed by atoms with Crippen LogP contribution in [-0.4, -0.2) is 23.4 Å². The fourth-order valence-electron chi connectivity index (χ4n) is 2.23. The van der Waals surface area contributed by atoms with Crippen LogP contribution >= 0.6 is 0 Å². The first-order valence-electron chi connectivity index (χ1n) is 6.82. The maximum Gasteiger partial charge on any atom is 0.124 e. The number of aliphatic hydroxyl groups is 1. The van der Waals surface area contributed by atoms with Crippen LogP contribution < -0.4 is 10.1 Å². The average molecular weight is 249 g/mol. The molecule has 18 heavy (non-hydrogen) atoms. The standard InChI is InChI=1S/C15H23NO2/c1-11(2)16-10-12-6-8-13(9-7-12)18-15-5-3-4-14(15)17/h6-9,11,14-17H,3-5,10H2,1-2H3. The molecule has 0 bridgehead atoms. The van der Waals surface area contributed by atoms with E-state index in [4.69, 9.17) is 4.74 Å². The summed E-state index contributed by atoms with van der Waals surface area (Å²) in [6, 6.07) is 8.62. The number of hydrogen-bond donors (Lipinski definition) is 2. The van der Waals surface area contributed by atoms with Gasteiger partial charge in [-0.15, -0.1) is 0 Å². The highest BCUT2D eigenvalue weighted by Gasteiger charge is 2.26. The Labute approximate surface area is 109 Å². The van der Waals surface area contributed by atoms with Crippen molar-refractivity contribution in [2.75, 3.05) is 0 Å². The first kappa shape index (κ1) is 13.4. The monoisotopic (exact) mass is 249 g/mol. The first-order chi connectivity index (χ1) is 8.65. The molecule has 1 saturated carbocycles. The number of aliphatic hydroxyl groups excluding tert-OH is 1. The van der Waals surface area contributed by atoms with Gasteiger partial charge in [0.25, 0.3) is 0 Å². The largest absolute Gasteiger partial charge is 0.488 e. The van der Waals surface area contributed by atoms with Gasteiger partial charge in [-0.2, -0.15) is 0 Å². The minimum atomic E-state index is -0.299. The van der Waals surface area contributed by atoms with Crippen LogP contribution in [0.2, 0.25) is 0 Å². The minimum absolute atomic E-state index is 0.0235. The van der Waals surface area contributed by atoms with Crippen LogP contribution in [0.3, 0.4) is 0 Å². The van der Waals surface area contributed by atoms with Gasteiger partial charge in [0.05, 0.1) is 6.10 Å². The molecule has 3 heteroatoms. The average Bonchev–Trinajstić information content (AvgIpc) is 2.74. The van der Waals surface area contributed by atoms with E-state index in [1.807, 2.05) is 12.1 Å². The summed E-state index contributed by atoms with van der Waals surface area (Å²) in [6.07, 6.45) is 2.55. The van der Waals surface area contributed by atoms with Crippen LogP contribution in [0.1, 0.15) is 38.7 Å². The lowest BCUT2D eigenvalue weighted by Crippen LogP contribution is -2.25. The zero-order valence-electron chi connectivity index (χ0n) is 11.2. The molecule has 0 spiro atoms. The fourth-order valence-corrected chi connectivity index (χ4v) is 2.23. The van der Waals surface area contributed by atoms with E-state index >= 15 is 0 Å². The predicted molar refractivity (Wildman–Crippen MR) is 72.7 cm³/mol. The van der Waals surface area contributed by atoms with Gasteiger partial charge >= 0.3 is 0 Å². The summed E-state index contributed by atoms with van der Waals surface area (Å²) in [6.45, 7) is 5.15. The van der Waals surface area contributed by atoms with Gasteiger partial charge in [0.1, 0.15) is 11.9 Å². The molecule has 1 aromatic carbocycles. The van der Waals surface area contributed by atoms with E-state index in [1.54, 1.807) is 0 Å². The van der Waals surface area contributed by atoms with Gasteiger partial charge in [-0.25, -0.2) is 0 Å². The minimum Gasteiger partial charge on any atom is -0.488 e. The van der Waals surface area contributed by atoms with Crippen molar-refractivity contribution in [1.29, 1.82) is 0 Å². The van der Waals surface area contributed by atoms with E-state index in [-0.39, 0.29) is 12.2 Å². The molecule has 0 aliphatic heterocycles. The van der Waals surface area contributed by atoms with E-state index in [9.17, 15) is 5.11 Å². The molecule has 0 amide bonds. The molecule has 0 radical (unpaired) electrons. The number of nitrogens with one attached hydrogen (secondary N) is 1. The zero-order valence-corrected chi connectivity index (χ0v) is 11.2. The Balaban J connectivity index is 1.87. The second kappa shape index (κ2) is 6.21. The van der Waals surface area contributed by atoms with Crippen molar-refractivity contribution in [2.45, 2.75) is 57.9 Å². The Bertz CT molecular complexity index is 361. The third kappa shape index (κ3) is 3.72. The van der Waals surface area contributed by atoms with Crippen molar-refractivity contribution in [3.8, 4) is 5.75 Å². The van der Waals surface area contributed by atoms with E-state index in [1.165, 1.54) is 5.56 Å². The Morgan fingerprint density at radius 1 is 1.28 bits per heavy atom. The van der Waals surface area contributed by atoms with Gasteiger partial charge in [0.15, 0.2) is 0 Å². The van der Waals surface area contributed by atoms with E-state index < -0.39 is 0 Å². The molecular formula is C15H23NO2. The lowest BCUT2D eigenvalue weighted by molar-refractivity contribution is 0.0604. The molecule has 1 aliphatic rings. The number of rotatable bonds is 5. The van der Waals surface area contributed by atoms with Gasteiger partial charge in [0, 0.05) is 12.6 Å². The molecule has 100 valence electrons. The summed E-state index contributed by atoms with van der Waals surface area (Å²) in [4.78, 5) is 0. The summed E-state index contributed by atoms with van der Waals surface area (Å²) in [5.41, 5.74) is 1.25. The normalized spacial score (nSPS) is 23.6. The maximum absolute atomic E-state index is 9.72. The maximum atomic E-state index is 9.72. The second-order valence-electron chi connectivity index (χ2n) is 5.33. The molecule has 0 saturated heterocycles. The van der Waals surface area contributed by atoms with Gasteiger partial charge in [-0.3, -0.25) is 0 Å². The van der Waals surface area contributed by atoms with Crippen LogP contribution in [-0.2, 0) is 6.54 Å². The topological polar surface area (TPSA) is 41.5 Å². The molecule has 0 aromatic heterocycles.